The number of nitrogens with one attached hydrogen (secondary N) is 1. The van der Waals surface area contributed by atoms with Gasteiger partial charge in [0.15, 0.2) is 0 Å². The second kappa shape index (κ2) is 11.5. The van der Waals surface area contributed by atoms with Crippen LogP contribution < -0.4 is 5.32 Å². The first kappa shape index (κ1) is 27.7. The van der Waals surface area contributed by atoms with E-state index in [0.717, 1.165) is 10.6 Å². The van der Waals surface area contributed by atoms with Gasteiger partial charge in [0.1, 0.15) is 5.60 Å². The Morgan fingerprint density at radius 1 is 1.19 bits per heavy atom. The van der Waals surface area contributed by atoms with E-state index >= 15 is 0 Å². The molecule has 178 valence electrons. The van der Waals surface area contributed by atoms with Crippen LogP contribution >= 0.6 is 22.9 Å². The fourth-order valence-electron chi connectivity index (χ4n) is 3.21. The van der Waals surface area contributed by atoms with Gasteiger partial charge in [-0.2, -0.15) is 0 Å². The second-order valence-electron chi connectivity index (χ2n) is 8.28. The van der Waals surface area contributed by atoms with Gasteiger partial charge in [0.05, 0.1) is 26.8 Å². The molecule has 2 aromatic rings. The predicted octanol–water partition coefficient (Wildman–Crippen LogP) is 6.60. The Morgan fingerprint density at radius 2 is 1.84 bits per heavy atom. The molecule has 1 aliphatic rings. The van der Waals surface area contributed by atoms with Crippen LogP contribution in [0.25, 0.3) is 10.6 Å². The van der Waals surface area contributed by atoms with Crippen LogP contribution in [0.1, 0.15) is 48.5 Å². The van der Waals surface area contributed by atoms with E-state index in [1.165, 1.54) is 11.3 Å². The lowest BCUT2D eigenvalue weighted by Crippen LogP contribution is -2.49. The summed E-state index contributed by atoms with van der Waals surface area (Å²) in [5.41, 5.74) is 0.932. The highest BCUT2D eigenvalue weighted by Crippen LogP contribution is 2.30. The molecular formula is C23H35ClN4O3S. The second-order valence-corrected chi connectivity index (χ2v) is 9.99. The number of carbonyl (C=O) groups is 2. The summed E-state index contributed by atoms with van der Waals surface area (Å²) < 4.78 is 6.13. The fourth-order valence-corrected chi connectivity index (χ4v) is 4.23. The highest BCUT2D eigenvalue weighted by atomic mass is 35.5. The van der Waals surface area contributed by atoms with Crippen molar-refractivity contribution in [3.63, 3.8) is 0 Å². The van der Waals surface area contributed by atoms with Gasteiger partial charge >= 0.3 is 12.1 Å². The Balaban J connectivity index is 0.00000256. The molecule has 2 aromatic heterocycles. The first-order valence-corrected chi connectivity index (χ1v) is 11.1. The molecule has 0 radical (unpaired) electrons. The van der Waals surface area contributed by atoms with Crippen LogP contribution in [-0.4, -0.2) is 58.7 Å². The van der Waals surface area contributed by atoms with E-state index in [4.69, 9.17) is 16.3 Å². The lowest BCUT2D eigenvalue weighted by atomic mass is 10.0. The summed E-state index contributed by atoms with van der Waals surface area (Å²) in [6.07, 6.45) is 2.75. The van der Waals surface area contributed by atoms with Crippen molar-refractivity contribution < 1.29 is 14.3 Å². The normalized spacial score (nSPS) is 14.1. The summed E-state index contributed by atoms with van der Waals surface area (Å²) in [5.74, 6) is 0. The average Bonchev–Trinajstić information content (AvgIpc) is 3.13. The van der Waals surface area contributed by atoms with Gasteiger partial charge in [0.2, 0.25) is 0 Å². The SMILES string of the molecule is C.C.CN(C(=O)Nc1ccc(-c2ccc(Cl)s2)nc1)C1CCN(C(=O)OC(C)(C)C)CC1. The molecule has 0 bridgehead atoms. The van der Waals surface area contributed by atoms with Crippen LogP contribution in [0.5, 0.6) is 0 Å². The lowest BCUT2D eigenvalue weighted by Gasteiger charge is -2.37. The van der Waals surface area contributed by atoms with Crippen molar-refractivity contribution in [2.24, 2.45) is 0 Å². The highest BCUT2D eigenvalue weighted by molar-refractivity contribution is 7.19. The van der Waals surface area contributed by atoms with Gasteiger partial charge in [0.25, 0.3) is 0 Å². The summed E-state index contributed by atoms with van der Waals surface area (Å²) in [4.78, 5) is 33.6. The molecule has 9 heteroatoms. The van der Waals surface area contributed by atoms with Gasteiger partial charge in [-0.25, -0.2) is 9.59 Å². The molecule has 0 atom stereocenters. The van der Waals surface area contributed by atoms with Crippen LogP contribution in [0.3, 0.4) is 0 Å². The molecule has 0 spiro atoms. The number of amides is 3. The molecule has 0 aliphatic carbocycles. The molecule has 1 saturated heterocycles. The topological polar surface area (TPSA) is 74.8 Å². The minimum Gasteiger partial charge on any atom is -0.444 e. The Bertz CT molecular complexity index is 887. The molecule has 1 fully saturated rings. The maximum atomic E-state index is 12.6. The minimum absolute atomic E-state index is 0. The molecule has 32 heavy (non-hydrogen) atoms. The number of aromatic nitrogens is 1. The molecule has 1 N–H and O–H groups in total. The number of carbonyl (C=O) groups excluding carboxylic acids is 2. The molecule has 3 amide bonds. The van der Waals surface area contributed by atoms with Gasteiger partial charge in [-0.05, 0) is 57.9 Å². The summed E-state index contributed by atoms with van der Waals surface area (Å²) in [6.45, 7) is 6.69. The third kappa shape index (κ3) is 7.38. The number of nitrogens with zero attached hydrogens (tertiary/aromatic N) is 3. The van der Waals surface area contributed by atoms with Crippen molar-refractivity contribution in [1.82, 2.24) is 14.8 Å². The molecule has 7 nitrogen and oxygen atoms in total. The van der Waals surface area contributed by atoms with Crippen molar-refractivity contribution in [3.05, 3.63) is 34.8 Å². The number of thiophene rings is 1. The minimum atomic E-state index is -0.510. The zero-order valence-electron chi connectivity index (χ0n) is 17.6. The Hall–Kier alpha value is -2.32. The summed E-state index contributed by atoms with van der Waals surface area (Å²) >= 11 is 7.43. The lowest BCUT2D eigenvalue weighted by molar-refractivity contribution is 0.0174. The van der Waals surface area contributed by atoms with E-state index in [-0.39, 0.29) is 33.0 Å². The summed E-state index contributed by atoms with van der Waals surface area (Å²) in [6, 6.07) is 7.31. The largest absolute Gasteiger partial charge is 0.444 e. The number of hydrogen-bond donors (Lipinski definition) is 1. The van der Waals surface area contributed by atoms with Crippen molar-refractivity contribution in [2.75, 3.05) is 25.5 Å². The Morgan fingerprint density at radius 3 is 2.34 bits per heavy atom. The van der Waals surface area contributed by atoms with E-state index in [2.05, 4.69) is 10.3 Å². The van der Waals surface area contributed by atoms with E-state index < -0.39 is 5.60 Å². The van der Waals surface area contributed by atoms with Gasteiger partial charge < -0.3 is 19.9 Å². The molecule has 0 unspecified atom stereocenters. The van der Waals surface area contributed by atoms with Crippen molar-refractivity contribution >= 4 is 40.7 Å². The van der Waals surface area contributed by atoms with Crippen LogP contribution in [0.2, 0.25) is 4.34 Å². The number of ether oxygens (including phenoxy) is 1. The Labute approximate surface area is 200 Å². The van der Waals surface area contributed by atoms with E-state index in [1.54, 1.807) is 23.0 Å². The van der Waals surface area contributed by atoms with Gasteiger partial charge in [0, 0.05) is 26.2 Å². The molecule has 0 aromatic carbocycles. The van der Waals surface area contributed by atoms with Crippen molar-refractivity contribution in [3.8, 4) is 10.6 Å². The number of urea groups is 1. The summed E-state index contributed by atoms with van der Waals surface area (Å²) in [7, 11) is 1.78. The number of pyridine rings is 1. The number of hydrogen-bond acceptors (Lipinski definition) is 5. The average molecular weight is 483 g/mol. The van der Waals surface area contributed by atoms with E-state index in [0.29, 0.717) is 36.0 Å². The number of likely N-dealkylation sites (tertiary alicyclic amines) is 1. The molecule has 3 rings (SSSR count). The van der Waals surface area contributed by atoms with Crippen molar-refractivity contribution in [1.29, 1.82) is 0 Å². The maximum absolute atomic E-state index is 12.6. The number of rotatable bonds is 3. The first-order chi connectivity index (χ1) is 14.1. The maximum Gasteiger partial charge on any atom is 0.410 e. The van der Waals surface area contributed by atoms with Crippen LogP contribution in [-0.2, 0) is 4.74 Å². The van der Waals surface area contributed by atoms with E-state index in [9.17, 15) is 9.59 Å². The monoisotopic (exact) mass is 482 g/mol. The number of halogens is 1. The quantitative estimate of drug-likeness (QED) is 0.534. The number of piperidine rings is 1. The zero-order chi connectivity index (χ0) is 21.9. The fraction of sp³-hybridized carbons (Fsp3) is 0.522. The Kier molecular flexibility index (Phi) is 9.97. The van der Waals surface area contributed by atoms with Gasteiger partial charge in [-0.15, -0.1) is 11.3 Å². The third-order valence-electron chi connectivity index (χ3n) is 4.82. The van der Waals surface area contributed by atoms with E-state index in [1.807, 2.05) is 45.0 Å². The summed E-state index contributed by atoms with van der Waals surface area (Å²) in [5, 5.41) is 2.88. The molecule has 1 aliphatic heterocycles. The van der Waals surface area contributed by atoms with Crippen LogP contribution in [0.4, 0.5) is 15.3 Å². The van der Waals surface area contributed by atoms with Crippen LogP contribution in [0, 0.1) is 0 Å². The first-order valence-electron chi connectivity index (χ1n) is 9.86. The predicted molar refractivity (Wildman–Crippen MR) is 134 cm³/mol. The van der Waals surface area contributed by atoms with Gasteiger partial charge in [-0.1, -0.05) is 26.5 Å². The highest BCUT2D eigenvalue weighted by Gasteiger charge is 2.30. The van der Waals surface area contributed by atoms with Crippen LogP contribution in [0.15, 0.2) is 30.5 Å². The molecule has 3 heterocycles. The molecular weight excluding hydrogens is 448 g/mol. The smallest absolute Gasteiger partial charge is 0.410 e. The van der Waals surface area contributed by atoms with Gasteiger partial charge in [-0.3, -0.25) is 4.98 Å². The third-order valence-corrected chi connectivity index (χ3v) is 6.08. The number of anilines is 1. The zero-order valence-corrected chi connectivity index (χ0v) is 19.2. The van der Waals surface area contributed by atoms with Crippen molar-refractivity contribution in [2.45, 2.75) is 60.1 Å². The standard InChI is InChI=1S/C21H27ClN4O3S.2CH4/c1-21(2,3)29-20(28)26-11-9-15(10-12-26)25(4)19(27)24-14-5-6-16(23-13-14)17-7-8-18(22)30-17;;/h5-8,13,15H,9-12H2,1-4H3,(H,24,27);2*1H4. The molecule has 0 saturated carbocycles.